The molecule has 2 aromatic heterocycles. The van der Waals surface area contributed by atoms with Crippen molar-refractivity contribution in [2.75, 3.05) is 11.9 Å². The molecule has 0 bridgehead atoms. The number of rotatable bonds is 8. The van der Waals surface area contributed by atoms with Crippen LogP contribution in [0.4, 0.5) is 5.82 Å². The van der Waals surface area contributed by atoms with E-state index in [0.29, 0.717) is 17.3 Å². The molecule has 0 amide bonds. The Morgan fingerprint density at radius 2 is 2.03 bits per heavy atom. The fraction of sp³-hybridized carbons (Fsp3) is 0.250. The number of carboxylic acid groups (broad SMARTS) is 1. The van der Waals surface area contributed by atoms with Crippen LogP contribution in [0.5, 0.6) is 5.75 Å². The summed E-state index contributed by atoms with van der Waals surface area (Å²) in [6, 6.07) is 13.3. The molecular formula is C24H22N4O3S. The van der Waals surface area contributed by atoms with Crippen molar-refractivity contribution in [1.29, 1.82) is 0 Å². The number of nitrogens with zero attached hydrogens (tertiary/aromatic N) is 3. The lowest BCUT2D eigenvalue weighted by atomic mass is 9.96. The number of carbonyl (C=O) groups is 1. The van der Waals surface area contributed by atoms with Crippen LogP contribution in [0.3, 0.4) is 0 Å². The van der Waals surface area contributed by atoms with Gasteiger partial charge in [0.2, 0.25) is 0 Å². The fourth-order valence-electron chi connectivity index (χ4n) is 3.63. The van der Waals surface area contributed by atoms with E-state index in [1.54, 1.807) is 29.5 Å². The predicted molar refractivity (Wildman–Crippen MR) is 125 cm³/mol. The van der Waals surface area contributed by atoms with Gasteiger partial charge < -0.3 is 15.2 Å². The zero-order valence-corrected chi connectivity index (χ0v) is 18.1. The van der Waals surface area contributed by atoms with Crippen LogP contribution in [0.2, 0.25) is 0 Å². The third-order valence-corrected chi connectivity index (χ3v) is 6.45. The van der Waals surface area contributed by atoms with E-state index in [9.17, 15) is 9.90 Å². The Balaban J connectivity index is 1.29. The van der Waals surface area contributed by atoms with Crippen LogP contribution >= 0.6 is 11.3 Å². The minimum Gasteiger partial charge on any atom is -0.490 e. The standard InChI is InChI=1S/C24H22N4O3S/c29-24(30)18-6-5-16(11-21(18)31-17-2-1-3-17)19-12-23(27-13-26-19)25-9-8-15-4-7-22-20(10-15)28-14-32-22/h4-7,10-14,17H,1-3,8-9H2,(H,29,30)(H,25,26,27). The van der Waals surface area contributed by atoms with Crippen LogP contribution in [0.1, 0.15) is 35.2 Å². The second-order valence-corrected chi connectivity index (χ2v) is 8.69. The molecule has 8 heteroatoms. The van der Waals surface area contributed by atoms with Gasteiger partial charge in [0, 0.05) is 18.2 Å². The van der Waals surface area contributed by atoms with Crippen molar-refractivity contribution in [1.82, 2.24) is 15.0 Å². The first-order valence-corrected chi connectivity index (χ1v) is 11.5. The molecule has 0 unspecified atom stereocenters. The van der Waals surface area contributed by atoms with E-state index in [0.717, 1.165) is 43.3 Å². The van der Waals surface area contributed by atoms with Gasteiger partial charge >= 0.3 is 5.97 Å². The number of nitrogens with one attached hydrogen (secondary N) is 1. The Morgan fingerprint density at radius 3 is 2.84 bits per heavy atom. The maximum atomic E-state index is 11.6. The number of fused-ring (bicyclic) bond motifs is 1. The van der Waals surface area contributed by atoms with E-state index < -0.39 is 5.97 Å². The number of aromatic carboxylic acids is 1. The van der Waals surface area contributed by atoms with E-state index in [-0.39, 0.29) is 11.7 Å². The van der Waals surface area contributed by atoms with Gasteiger partial charge in [0.05, 0.1) is 27.5 Å². The molecule has 1 saturated carbocycles. The summed E-state index contributed by atoms with van der Waals surface area (Å²) in [5.41, 5.74) is 5.78. The smallest absolute Gasteiger partial charge is 0.339 e. The average Bonchev–Trinajstić information content (AvgIpc) is 3.24. The lowest BCUT2D eigenvalue weighted by Crippen LogP contribution is -2.25. The minimum atomic E-state index is -0.994. The summed E-state index contributed by atoms with van der Waals surface area (Å²) in [5, 5.41) is 12.8. The Morgan fingerprint density at radius 1 is 1.12 bits per heavy atom. The van der Waals surface area contributed by atoms with Crippen LogP contribution in [0.25, 0.3) is 21.5 Å². The minimum absolute atomic E-state index is 0.0921. The van der Waals surface area contributed by atoms with Crippen molar-refractivity contribution >= 4 is 33.3 Å². The summed E-state index contributed by atoms with van der Waals surface area (Å²) < 4.78 is 7.12. The third-order valence-electron chi connectivity index (χ3n) is 5.64. The summed E-state index contributed by atoms with van der Waals surface area (Å²) in [5.74, 6) is 0.116. The van der Waals surface area contributed by atoms with Crippen molar-refractivity contribution in [3.8, 4) is 17.0 Å². The Labute approximate surface area is 189 Å². The maximum absolute atomic E-state index is 11.6. The van der Waals surface area contributed by atoms with Crippen molar-refractivity contribution in [2.45, 2.75) is 31.8 Å². The average molecular weight is 447 g/mol. The highest BCUT2D eigenvalue weighted by atomic mass is 32.1. The third kappa shape index (κ3) is 4.40. The number of benzene rings is 2. The Kier molecular flexibility index (Phi) is 5.68. The molecule has 5 rings (SSSR count). The molecule has 7 nitrogen and oxygen atoms in total. The molecule has 2 N–H and O–H groups in total. The van der Waals surface area contributed by atoms with Crippen molar-refractivity contribution in [3.05, 3.63) is 65.4 Å². The van der Waals surface area contributed by atoms with Crippen LogP contribution in [0.15, 0.2) is 54.3 Å². The topological polar surface area (TPSA) is 97.2 Å². The summed E-state index contributed by atoms with van der Waals surface area (Å²) in [6.07, 6.45) is 5.48. The van der Waals surface area contributed by atoms with E-state index in [1.165, 1.54) is 16.6 Å². The summed E-state index contributed by atoms with van der Waals surface area (Å²) >= 11 is 1.64. The molecule has 2 heterocycles. The van der Waals surface area contributed by atoms with E-state index in [2.05, 4.69) is 38.5 Å². The summed E-state index contributed by atoms with van der Waals surface area (Å²) in [4.78, 5) is 24.6. The van der Waals surface area contributed by atoms with E-state index >= 15 is 0 Å². The highest BCUT2D eigenvalue weighted by Crippen LogP contribution is 2.31. The monoisotopic (exact) mass is 446 g/mol. The molecule has 0 atom stereocenters. The molecule has 1 aliphatic carbocycles. The summed E-state index contributed by atoms with van der Waals surface area (Å²) in [7, 11) is 0. The van der Waals surface area contributed by atoms with E-state index in [4.69, 9.17) is 4.74 Å². The second-order valence-electron chi connectivity index (χ2n) is 7.81. The first kappa shape index (κ1) is 20.4. The molecule has 4 aromatic rings. The van der Waals surface area contributed by atoms with Crippen molar-refractivity contribution < 1.29 is 14.6 Å². The van der Waals surface area contributed by atoms with Gasteiger partial charge in [-0.05, 0) is 55.5 Å². The van der Waals surface area contributed by atoms with Gasteiger partial charge in [-0.25, -0.2) is 19.7 Å². The van der Waals surface area contributed by atoms with Gasteiger partial charge in [-0.1, -0.05) is 12.1 Å². The molecule has 0 saturated heterocycles. The zero-order valence-electron chi connectivity index (χ0n) is 17.3. The molecule has 0 radical (unpaired) electrons. The van der Waals surface area contributed by atoms with Gasteiger partial charge in [-0.15, -0.1) is 11.3 Å². The van der Waals surface area contributed by atoms with Gasteiger partial charge in [0.25, 0.3) is 0 Å². The van der Waals surface area contributed by atoms with Gasteiger partial charge in [-0.2, -0.15) is 0 Å². The van der Waals surface area contributed by atoms with Crippen molar-refractivity contribution in [3.63, 3.8) is 0 Å². The zero-order chi connectivity index (χ0) is 21.9. The molecular weight excluding hydrogens is 424 g/mol. The van der Waals surface area contributed by atoms with Gasteiger partial charge in [0.15, 0.2) is 0 Å². The maximum Gasteiger partial charge on any atom is 0.339 e. The van der Waals surface area contributed by atoms with Crippen LogP contribution in [-0.4, -0.2) is 38.7 Å². The summed E-state index contributed by atoms with van der Waals surface area (Å²) in [6.45, 7) is 0.722. The molecule has 162 valence electrons. The van der Waals surface area contributed by atoms with E-state index in [1.807, 2.05) is 11.6 Å². The van der Waals surface area contributed by atoms with Gasteiger partial charge in [-0.3, -0.25) is 0 Å². The molecule has 0 spiro atoms. The SMILES string of the molecule is O=C(O)c1ccc(-c2cc(NCCc3ccc4scnc4c3)ncn2)cc1OC1CCC1. The largest absolute Gasteiger partial charge is 0.490 e. The fourth-order valence-corrected chi connectivity index (χ4v) is 4.29. The normalized spacial score (nSPS) is 13.6. The molecule has 1 aliphatic rings. The number of aromatic nitrogens is 3. The number of ether oxygens (including phenoxy) is 1. The first-order chi connectivity index (χ1) is 15.7. The lowest BCUT2D eigenvalue weighted by molar-refractivity contribution is 0.0680. The second kappa shape index (κ2) is 8.92. The number of carboxylic acids is 1. The van der Waals surface area contributed by atoms with Crippen LogP contribution in [0, 0.1) is 0 Å². The number of thiazole rings is 1. The van der Waals surface area contributed by atoms with Crippen LogP contribution < -0.4 is 10.1 Å². The van der Waals surface area contributed by atoms with Crippen molar-refractivity contribution in [2.24, 2.45) is 0 Å². The highest BCUT2D eigenvalue weighted by molar-refractivity contribution is 7.16. The Bertz CT molecular complexity index is 1270. The van der Waals surface area contributed by atoms with Gasteiger partial charge in [0.1, 0.15) is 23.5 Å². The quantitative estimate of drug-likeness (QED) is 0.391. The predicted octanol–water partition coefficient (Wildman–Crippen LogP) is 5.04. The molecule has 32 heavy (non-hydrogen) atoms. The molecule has 0 aliphatic heterocycles. The first-order valence-electron chi connectivity index (χ1n) is 10.6. The number of hydrogen-bond donors (Lipinski definition) is 2. The lowest BCUT2D eigenvalue weighted by Gasteiger charge is -2.27. The number of anilines is 1. The highest BCUT2D eigenvalue weighted by Gasteiger charge is 2.22. The molecule has 1 fully saturated rings. The van der Waals surface area contributed by atoms with Crippen LogP contribution in [-0.2, 0) is 6.42 Å². The molecule has 2 aromatic carbocycles. The number of hydrogen-bond acceptors (Lipinski definition) is 7. The Hall–Kier alpha value is -3.52.